The number of hydrogen-bond acceptors (Lipinski definition) is 5. The number of morpholine rings is 1. The first-order valence-electron chi connectivity index (χ1n) is 9.25. The van der Waals surface area contributed by atoms with Crippen molar-refractivity contribution >= 4 is 44.8 Å². The van der Waals surface area contributed by atoms with Crippen LogP contribution in [0.2, 0.25) is 5.02 Å². The lowest BCUT2D eigenvalue weighted by atomic mass is 10.1. The molecule has 1 saturated heterocycles. The van der Waals surface area contributed by atoms with E-state index in [0.717, 1.165) is 10.6 Å². The minimum absolute atomic E-state index is 0.216. The van der Waals surface area contributed by atoms with Gasteiger partial charge in [0.15, 0.2) is 0 Å². The molecule has 0 bridgehead atoms. The molecule has 0 saturated carbocycles. The zero-order chi connectivity index (χ0) is 21.7. The monoisotopic (exact) mass is 451 g/mol. The van der Waals surface area contributed by atoms with Crippen LogP contribution in [0.15, 0.2) is 48.5 Å². The highest BCUT2D eigenvalue weighted by Crippen LogP contribution is 2.22. The number of halogens is 1. The highest BCUT2D eigenvalue weighted by atomic mass is 35.5. The molecular formula is C20H22ClN3O5S. The summed E-state index contributed by atoms with van der Waals surface area (Å²) in [7, 11) is -3.72. The van der Waals surface area contributed by atoms with E-state index in [-0.39, 0.29) is 5.91 Å². The third kappa shape index (κ3) is 5.50. The van der Waals surface area contributed by atoms with Crippen LogP contribution in [-0.4, -0.2) is 64.2 Å². The van der Waals surface area contributed by atoms with Crippen molar-refractivity contribution in [2.45, 2.75) is 0 Å². The van der Waals surface area contributed by atoms with Crippen molar-refractivity contribution in [2.75, 3.05) is 48.7 Å². The van der Waals surface area contributed by atoms with Crippen LogP contribution in [0.25, 0.3) is 0 Å². The maximum Gasteiger partial charge on any atom is 0.256 e. The van der Waals surface area contributed by atoms with Gasteiger partial charge in [-0.05, 0) is 36.4 Å². The highest BCUT2D eigenvalue weighted by molar-refractivity contribution is 7.92. The van der Waals surface area contributed by atoms with Crippen LogP contribution < -0.4 is 9.62 Å². The maximum absolute atomic E-state index is 12.8. The fourth-order valence-electron chi connectivity index (χ4n) is 3.04. The number of hydrogen-bond donors (Lipinski definition) is 1. The van der Waals surface area contributed by atoms with Crippen molar-refractivity contribution in [2.24, 2.45) is 0 Å². The number of carbonyl (C=O) groups excluding carboxylic acids is 2. The van der Waals surface area contributed by atoms with Gasteiger partial charge in [-0.15, -0.1) is 0 Å². The van der Waals surface area contributed by atoms with Crippen molar-refractivity contribution in [3.8, 4) is 0 Å². The summed E-state index contributed by atoms with van der Waals surface area (Å²) in [4.78, 5) is 27.2. The molecule has 1 N–H and O–H groups in total. The summed E-state index contributed by atoms with van der Waals surface area (Å²) < 4.78 is 30.7. The van der Waals surface area contributed by atoms with E-state index in [1.165, 1.54) is 12.1 Å². The van der Waals surface area contributed by atoms with Crippen molar-refractivity contribution < 1.29 is 22.7 Å². The van der Waals surface area contributed by atoms with E-state index >= 15 is 0 Å². The Labute approximate surface area is 180 Å². The first-order chi connectivity index (χ1) is 14.3. The Bertz CT molecular complexity index is 1020. The molecule has 2 amide bonds. The Kier molecular flexibility index (Phi) is 6.96. The first kappa shape index (κ1) is 22.1. The van der Waals surface area contributed by atoms with E-state index in [2.05, 4.69) is 5.32 Å². The molecule has 2 aromatic carbocycles. The van der Waals surface area contributed by atoms with Gasteiger partial charge >= 0.3 is 0 Å². The van der Waals surface area contributed by atoms with Gasteiger partial charge in [-0.25, -0.2) is 8.42 Å². The summed E-state index contributed by atoms with van der Waals surface area (Å²) >= 11 is 5.86. The quantitative estimate of drug-likeness (QED) is 0.726. The number of anilines is 2. The zero-order valence-corrected chi connectivity index (χ0v) is 17.9. The molecule has 0 atom stereocenters. The molecule has 1 aliphatic rings. The lowest BCUT2D eigenvalue weighted by Gasteiger charge is -2.27. The predicted octanol–water partition coefficient (Wildman–Crippen LogP) is 2.22. The Morgan fingerprint density at radius 2 is 1.73 bits per heavy atom. The summed E-state index contributed by atoms with van der Waals surface area (Å²) in [6.07, 6.45) is 1.02. The largest absolute Gasteiger partial charge is 0.378 e. The molecular weight excluding hydrogens is 430 g/mol. The second-order valence-electron chi connectivity index (χ2n) is 6.74. The number of para-hydroxylation sites is 1. The van der Waals surface area contributed by atoms with Crippen LogP contribution >= 0.6 is 11.6 Å². The lowest BCUT2D eigenvalue weighted by Crippen LogP contribution is -2.41. The van der Waals surface area contributed by atoms with Crippen molar-refractivity contribution in [1.82, 2.24) is 4.90 Å². The van der Waals surface area contributed by atoms with E-state index in [0.29, 0.717) is 48.3 Å². The minimum atomic E-state index is -3.72. The summed E-state index contributed by atoms with van der Waals surface area (Å²) in [5.41, 5.74) is 0.975. The van der Waals surface area contributed by atoms with Gasteiger partial charge in [0, 0.05) is 18.1 Å². The van der Waals surface area contributed by atoms with Gasteiger partial charge in [-0.3, -0.25) is 13.9 Å². The Morgan fingerprint density at radius 1 is 1.10 bits per heavy atom. The normalized spacial score (nSPS) is 14.3. The van der Waals surface area contributed by atoms with E-state index in [9.17, 15) is 18.0 Å². The average molecular weight is 452 g/mol. The number of benzene rings is 2. The molecule has 10 heteroatoms. The van der Waals surface area contributed by atoms with Crippen LogP contribution in [0.1, 0.15) is 10.4 Å². The van der Waals surface area contributed by atoms with Gasteiger partial charge in [-0.2, -0.15) is 0 Å². The third-order valence-electron chi connectivity index (χ3n) is 4.53. The molecule has 2 aromatic rings. The average Bonchev–Trinajstić information content (AvgIpc) is 2.72. The Morgan fingerprint density at radius 3 is 2.37 bits per heavy atom. The van der Waals surface area contributed by atoms with Crippen LogP contribution in [-0.2, 0) is 19.6 Å². The number of ether oxygens (including phenoxy) is 1. The Hall–Kier alpha value is -2.62. The van der Waals surface area contributed by atoms with Crippen LogP contribution in [0.4, 0.5) is 11.4 Å². The van der Waals surface area contributed by atoms with Gasteiger partial charge < -0.3 is 15.0 Å². The number of nitrogens with one attached hydrogen (secondary N) is 1. The number of nitrogens with zero attached hydrogens (tertiary/aromatic N) is 2. The van der Waals surface area contributed by atoms with E-state index in [1.807, 2.05) is 0 Å². The molecule has 0 unspecified atom stereocenters. The number of amides is 2. The summed E-state index contributed by atoms with van der Waals surface area (Å²) in [6, 6.07) is 12.8. The molecule has 0 aromatic heterocycles. The predicted molar refractivity (Wildman–Crippen MR) is 115 cm³/mol. The standard InChI is InChI=1S/C20H22ClN3O5S/c1-30(27,28)24(16-8-6-15(21)7-9-16)14-19(25)22-18-5-3-2-4-17(18)20(26)23-10-12-29-13-11-23/h2-9H,10-14H2,1H3,(H,22,25). The molecule has 1 aliphatic heterocycles. The molecule has 0 aliphatic carbocycles. The molecule has 0 spiro atoms. The molecule has 160 valence electrons. The Balaban J connectivity index is 1.78. The molecule has 3 rings (SSSR count). The van der Waals surface area contributed by atoms with Gasteiger partial charge in [0.05, 0.1) is 36.4 Å². The summed E-state index contributed by atoms with van der Waals surface area (Å²) in [5.74, 6) is -0.788. The fraction of sp³-hybridized carbons (Fsp3) is 0.300. The van der Waals surface area contributed by atoms with Gasteiger partial charge in [-0.1, -0.05) is 23.7 Å². The maximum atomic E-state index is 12.8. The summed E-state index contributed by atoms with van der Waals surface area (Å²) in [6.45, 7) is 1.43. The van der Waals surface area contributed by atoms with Gasteiger partial charge in [0.1, 0.15) is 6.54 Å². The van der Waals surface area contributed by atoms with Gasteiger partial charge in [0.25, 0.3) is 5.91 Å². The first-order valence-corrected chi connectivity index (χ1v) is 11.5. The second-order valence-corrected chi connectivity index (χ2v) is 9.09. The number of carbonyl (C=O) groups is 2. The number of rotatable bonds is 6. The topological polar surface area (TPSA) is 96.0 Å². The molecule has 8 nitrogen and oxygen atoms in total. The molecule has 1 heterocycles. The minimum Gasteiger partial charge on any atom is -0.378 e. The van der Waals surface area contributed by atoms with Crippen LogP contribution in [0.3, 0.4) is 0 Å². The van der Waals surface area contributed by atoms with Crippen molar-refractivity contribution in [3.05, 3.63) is 59.1 Å². The van der Waals surface area contributed by atoms with Crippen molar-refractivity contribution in [1.29, 1.82) is 0 Å². The zero-order valence-electron chi connectivity index (χ0n) is 16.4. The van der Waals surface area contributed by atoms with E-state index < -0.39 is 22.5 Å². The van der Waals surface area contributed by atoms with Crippen LogP contribution in [0.5, 0.6) is 0 Å². The van der Waals surface area contributed by atoms with Crippen molar-refractivity contribution in [3.63, 3.8) is 0 Å². The molecule has 30 heavy (non-hydrogen) atoms. The highest BCUT2D eigenvalue weighted by Gasteiger charge is 2.24. The van der Waals surface area contributed by atoms with Crippen LogP contribution in [0, 0.1) is 0 Å². The second kappa shape index (κ2) is 9.46. The summed E-state index contributed by atoms with van der Waals surface area (Å²) in [5, 5.41) is 3.12. The lowest BCUT2D eigenvalue weighted by molar-refractivity contribution is -0.114. The smallest absolute Gasteiger partial charge is 0.256 e. The SMILES string of the molecule is CS(=O)(=O)N(CC(=O)Nc1ccccc1C(=O)N1CCOCC1)c1ccc(Cl)cc1. The van der Waals surface area contributed by atoms with E-state index in [1.54, 1.807) is 41.3 Å². The molecule has 0 radical (unpaired) electrons. The molecule has 1 fully saturated rings. The van der Waals surface area contributed by atoms with Gasteiger partial charge in [0.2, 0.25) is 15.9 Å². The fourth-order valence-corrected chi connectivity index (χ4v) is 4.03. The number of sulfonamides is 1. The third-order valence-corrected chi connectivity index (χ3v) is 5.92. The van der Waals surface area contributed by atoms with E-state index in [4.69, 9.17) is 16.3 Å².